The highest BCUT2D eigenvalue weighted by Crippen LogP contribution is 2.48. The summed E-state index contributed by atoms with van der Waals surface area (Å²) in [7, 11) is 0. The molecule has 3 aliphatic heterocycles. The lowest BCUT2D eigenvalue weighted by molar-refractivity contribution is -0.433. The number of allylic oxidation sites excluding steroid dienone is 7. The number of nitrogens with one attached hydrogen (secondary N) is 4. The summed E-state index contributed by atoms with van der Waals surface area (Å²) >= 11 is 0. The first-order valence-electron chi connectivity index (χ1n) is 29.9. The average molecular weight is 1120 g/mol. The quantitative estimate of drug-likeness (QED) is 0.0257. The van der Waals surface area contributed by atoms with Crippen LogP contribution < -0.4 is 26.2 Å². The van der Waals surface area contributed by atoms with Gasteiger partial charge in [0.1, 0.15) is 18.8 Å². The summed E-state index contributed by atoms with van der Waals surface area (Å²) in [5.41, 5.74) is 14.2. The van der Waals surface area contributed by atoms with Crippen molar-refractivity contribution in [1.29, 1.82) is 0 Å². The molecule has 2 unspecified atom stereocenters. The van der Waals surface area contributed by atoms with E-state index in [0.717, 1.165) is 88.8 Å². The molecule has 428 valence electrons. The van der Waals surface area contributed by atoms with Crippen molar-refractivity contribution in [1.82, 2.24) is 10.6 Å². The molecule has 1 aliphatic carbocycles. The number of hydrogen-bond acceptors (Lipinski definition) is 11. The maximum Gasteiger partial charge on any atom is 0.306 e. The van der Waals surface area contributed by atoms with Gasteiger partial charge in [-0.15, -0.1) is 15.3 Å². The summed E-state index contributed by atoms with van der Waals surface area (Å²) < 4.78 is 8.29. The van der Waals surface area contributed by atoms with Gasteiger partial charge in [0.15, 0.2) is 5.71 Å². The van der Waals surface area contributed by atoms with Crippen molar-refractivity contribution in [2.45, 2.75) is 103 Å². The Morgan fingerprint density at radius 1 is 0.690 bits per heavy atom. The molecular formula is C71H77N10O3+. The molecule has 0 aromatic heterocycles. The summed E-state index contributed by atoms with van der Waals surface area (Å²) in [6.07, 6.45) is 15.5. The summed E-state index contributed by atoms with van der Waals surface area (Å²) in [4.78, 5) is 28.8. The summed E-state index contributed by atoms with van der Waals surface area (Å²) in [6, 6.07) is 49.0. The molecule has 13 nitrogen and oxygen atoms in total. The first-order valence-corrected chi connectivity index (χ1v) is 29.9. The normalized spacial score (nSPS) is 19.2. The third kappa shape index (κ3) is 11.7. The van der Waals surface area contributed by atoms with Crippen LogP contribution in [0.15, 0.2) is 213 Å². The number of rotatable bonds is 20. The zero-order valence-corrected chi connectivity index (χ0v) is 49.5. The van der Waals surface area contributed by atoms with E-state index in [1.165, 1.54) is 45.2 Å². The average Bonchev–Trinajstić information content (AvgIpc) is 2.35. The van der Waals surface area contributed by atoms with Crippen molar-refractivity contribution in [3.8, 4) is 0 Å². The van der Waals surface area contributed by atoms with Crippen LogP contribution in [0.1, 0.15) is 98.1 Å². The van der Waals surface area contributed by atoms with Crippen LogP contribution in [0.4, 0.5) is 45.5 Å². The molecule has 2 atom stereocenters. The molecule has 0 spiro atoms. The molecule has 1 amide bonds. The highest BCUT2D eigenvalue weighted by atomic mass is 16.5. The fourth-order valence-electron chi connectivity index (χ4n) is 12.7. The molecule has 0 saturated carbocycles. The Balaban J connectivity index is 0.694. The van der Waals surface area contributed by atoms with E-state index < -0.39 is 11.6 Å². The molecule has 3 heterocycles. The van der Waals surface area contributed by atoms with E-state index in [0.29, 0.717) is 18.8 Å². The number of hydrogen-bond donors (Lipinski definition) is 4. The Kier molecular flexibility index (Phi) is 16.6. The van der Waals surface area contributed by atoms with Crippen LogP contribution in [0.25, 0.3) is 21.5 Å². The van der Waals surface area contributed by atoms with E-state index in [1.807, 2.05) is 104 Å². The molecule has 4 N–H and O–H groups in total. The van der Waals surface area contributed by atoms with Crippen molar-refractivity contribution >= 4 is 84.6 Å². The Labute approximate surface area is 494 Å². The van der Waals surface area contributed by atoms with Crippen LogP contribution >= 0.6 is 0 Å². The van der Waals surface area contributed by atoms with Gasteiger partial charge < -0.3 is 30.9 Å². The van der Waals surface area contributed by atoms with Crippen LogP contribution in [-0.4, -0.2) is 60.6 Å². The topological polar surface area (TPSA) is 147 Å². The SMILES string of the molecule is CCN1/C(=C\C=C\C2=C(NCCCNC(=O)CCC(=O)OCC3(C)Nc4cccc5c(N=Nc6ccc(N=Nc7ccccc7)c7ccccc67)ccc(c45)N3)C(/C=C/C3=[N+](CC)c4ccccc4C3(C)C)CCC2)C(C)(C)c2ccccc21. The van der Waals surface area contributed by atoms with Gasteiger partial charge in [0.25, 0.3) is 0 Å². The lowest BCUT2D eigenvalue weighted by Gasteiger charge is -2.38. The second-order valence-corrected chi connectivity index (χ2v) is 23.5. The number of amides is 1. The number of ether oxygens (including phenoxy) is 1. The number of fused-ring (bicyclic) bond motifs is 3. The van der Waals surface area contributed by atoms with Gasteiger partial charge in [-0.05, 0) is 126 Å². The summed E-state index contributed by atoms with van der Waals surface area (Å²) in [6.45, 7) is 18.7. The van der Waals surface area contributed by atoms with Gasteiger partial charge in [-0.3, -0.25) is 9.59 Å². The number of carbonyl (C=O) groups excluding carboxylic acids is 2. The fourth-order valence-corrected chi connectivity index (χ4v) is 12.7. The minimum atomic E-state index is -0.813. The summed E-state index contributed by atoms with van der Waals surface area (Å²) in [5.74, 6) is -0.412. The van der Waals surface area contributed by atoms with Crippen LogP contribution in [0.2, 0.25) is 0 Å². The van der Waals surface area contributed by atoms with Crippen LogP contribution in [0, 0.1) is 5.92 Å². The number of esters is 1. The number of anilines is 3. The Bertz CT molecular complexity index is 3850. The number of para-hydroxylation sites is 2. The van der Waals surface area contributed by atoms with Crippen molar-refractivity contribution in [2.75, 3.05) is 48.3 Å². The van der Waals surface area contributed by atoms with Gasteiger partial charge in [0, 0.05) is 105 Å². The fraction of sp³-hybridized carbons (Fsp3) is 0.310. The molecule has 0 bridgehead atoms. The maximum atomic E-state index is 13.2. The Morgan fingerprint density at radius 3 is 2.10 bits per heavy atom. The predicted molar refractivity (Wildman–Crippen MR) is 342 cm³/mol. The third-order valence-electron chi connectivity index (χ3n) is 17.0. The molecule has 11 rings (SSSR count). The standard InChI is InChI=1S/C71H76N10O3/c1-8-80-61-34-17-15-31-54(61)69(3,4)63(80)36-20-25-48-23-19-24-49(37-42-64-70(5,6)55-32-16-18-35-62(55)81(64)9-2)68(48)73-46-22-45-72-65(82)43-44-66(83)84-47-71(7)74-59-33-21-30-53-58(40-41-60(75-71)67(53)59)79-78-57-39-38-56(51-28-13-14-29-52(51)57)77-76-50-26-11-10-12-27-50/h10-18,20-21,25-42,49,73H,8-9,19,22-24,43-47H2,1-7H3,(H2-,72,74,75,76,78,82)/p+1/b25-20+,42-37+,63-36-. The number of likely N-dealkylation sites (N-methyl/N-ethyl adjacent to an activating group) is 1. The first kappa shape index (κ1) is 56.9. The van der Waals surface area contributed by atoms with E-state index in [4.69, 9.17) is 15.0 Å². The maximum absolute atomic E-state index is 13.2. The van der Waals surface area contributed by atoms with Crippen LogP contribution in [0.5, 0.6) is 0 Å². The van der Waals surface area contributed by atoms with Crippen LogP contribution in [0.3, 0.4) is 0 Å². The molecular weight excluding hydrogens is 1040 g/mol. The molecule has 0 saturated heterocycles. The molecule has 7 aromatic rings. The van der Waals surface area contributed by atoms with E-state index in [1.54, 1.807) is 0 Å². The van der Waals surface area contributed by atoms with Crippen molar-refractivity contribution in [3.63, 3.8) is 0 Å². The van der Waals surface area contributed by atoms with Crippen molar-refractivity contribution in [2.24, 2.45) is 26.4 Å². The molecule has 7 aromatic carbocycles. The van der Waals surface area contributed by atoms with E-state index in [9.17, 15) is 9.59 Å². The van der Waals surface area contributed by atoms with Gasteiger partial charge in [-0.25, -0.2) is 0 Å². The van der Waals surface area contributed by atoms with Crippen molar-refractivity contribution in [3.05, 3.63) is 204 Å². The van der Waals surface area contributed by atoms with Gasteiger partial charge in [-0.1, -0.05) is 123 Å². The highest BCUT2D eigenvalue weighted by molar-refractivity contribution is 6.10. The Morgan fingerprint density at radius 2 is 1.35 bits per heavy atom. The van der Waals surface area contributed by atoms with Gasteiger partial charge >= 0.3 is 5.97 Å². The highest BCUT2D eigenvalue weighted by Gasteiger charge is 2.44. The second-order valence-electron chi connectivity index (χ2n) is 23.5. The number of azo groups is 2. The monoisotopic (exact) mass is 1120 g/mol. The lowest BCUT2D eigenvalue weighted by Crippen LogP contribution is -2.49. The molecule has 13 heteroatoms. The number of carbonyl (C=O) groups is 2. The molecule has 0 radical (unpaired) electrons. The van der Waals surface area contributed by atoms with Gasteiger partial charge in [0.2, 0.25) is 11.6 Å². The zero-order chi connectivity index (χ0) is 58.4. The van der Waals surface area contributed by atoms with Crippen LogP contribution in [-0.2, 0) is 25.2 Å². The lowest BCUT2D eigenvalue weighted by atomic mass is 9.80. The minimum absolute atomic E-state index is 0.0289. The zero-order valence-electron chi connectivity index (χ0n) is 49.5. The third-order valence-corrected chi connectivity index (χ3v) is 17.0. The van der Waals surface area contributed by atoms with E-state index >= 15 is 0 Å². The van der Waals surface area contributed by atoms with Gasteiger partial charge in [0.05, 0.1) is 34.6 Å². The largest absolute Gasteiger partial charge is 0.461 e. The van der Waals surface area contributed by atoms with E-state index in [2.05, 4.69) is 161 Å². The second kappa shape index (κ2) is 24.5. The predicted octanol–water partition coefficient (Wildman–Crippen LogP) is 16.8. The smallest absolute Gasteiger partial charge is 0.306 e. The van der Waals surface area contributed by atoms with E-state index in [-0.39, 0.29) is 42.1 Å². The molecule has 4 aliphatic rings. The number of benzene rings is 7. The first-order chi connectivity index (χ1) is 40.8. The van der Waals surface area contributed by atoms with Crippen molar-refractivity contribution < 1.29 is 18.9 Å². The number of nitrogens with zero attached hydrogens (tertiary/aromatic N) is 6. The molecule has 0 fully saturated rings. The van der Waals surface area contributed by atoms with Gasteiger partial charge in [-0.2, -0.15) is 9.69 Å². The molecule has 84 heavy (non-hydrogen) atoms. The Hall–Kier alpha value is -8.97. The minimum Gasteiger partial charge on any atom is -0.461 e. The summed E-state index contributed by atoms with van der Waals surface area (Å²) in [5, 5.41) is 36.3.